The fourth-order valence-corrected chi connectivity index (χ4v) is 9.35. The van der Waals surface area contributed by atoms with Gasteiger partial charge in [-0.05, 0) is 97.7 Å². The summed E-state index contributed by atoms with van der Waals surface area (Å²) in [4.78, 5) is 2.40. The molecule has 0 radical (unpaired) electrons. The summed E-state index contributed by atoms with van der Waals surface area (Å²) >= 11 is 0. The van der Waals surface area contributed by atoms with Crippen LogP contribution in [-0.2, 0) is 5.41 Å². The molecule has 0 atom stereocenters. The molecule has 0 saturated heterocycles. The molecule has 0 saturated carbocycles. The van der Waals surface area contributed by atoms with Gasteiger partial charge in [0.2, 0.25) is 0 Å². The number of rotatable bonds is 6. The highest BCUT2D eigenvalue weighted by Crippen LogP contribution is 2.52. The predicted octanol–water partition coefficient (Wildman–Crippen LogP) is 15.5. The third kappa shape index (κ3) is 5.33. The zero-order valence-corrected chi connectivity index (χ0v) is 31.9. The third-order valence-electron chi connectivity index (χ3n) is 12.0. The lowest BCUT2D eigenvalue weighted by Gasteiger charge is -2.29. The van der Waals surface area contributed by atoms with Gasteiger partial charge in [0.05, 0.1) is 5.69 Å². The number of nitrogens with zero attached hydrogens (tertiary/aromatic N) is 1. The molecule has 1 aliphatic carbocycles. The molecule has 0 N–H and O–H groups in total. The number of furan rings is 1. The van der Waals surface area contributed by atoms with E-state index in [0.717, 1.165) is 50.1 Å². The average Bonchev–Trinajstić information content (AvgIpc) is 3.76. The van der Waals surface area contributed by atoms with Crippen molar-refractivity contribution in [3.63, 3.8) is 0 Å². The number of hydrogen-bond acceptors (Lipinski definition) is 2. The van der Waals surface area contributed by atoms with Crippen molar-refractivity contribution < 1.29 is 4.42 Å². The minimum absolute atomic E-state index is 0.104. The first-order valence-electron chi connectivity index (χ1n) is 19.8. The van der Waals surface area contributed by atoms with Crippen molar-refractivity contribution in [3.8, 4) is 44.5 Å². The van der Waals surface area contributed by atoms with E-state index in [9.17, 15) is 0 Å². The van der Waals surface area contributed by atoms with Gasteiger partial charge in [-0.25, -0.2) is 0 Å². The summed E-state index contributed by atoms with van der Waals surface area (Å²) in [6.45, 7) is 4.72. The second-order valence-corrected chi connectivity index (χ2v) is 15.7. The molecule has 9 aromatic carbocycles. The van der Waals surface area contributed by atoms with Crippen LogP contribution in [0.25, 0.3) is 77.2 Å². The maximum absolute atomic E-state index is 6.62. The van der Waals surface area contributed by atoms with Crippen molar-refractivity contribution in [2.45, 2.75) is 19.3 Å². The zero-order chi connectivity index (χ0) is 38.1. The number of hydrogen-bond donors (Lipinski definition) is 0. The highest BCUT2D eigenvalue weighted by atomic mass is 16.3. The van der Waals surface area contributed by atoms with E-state index < -0.39 is 0 Å². The van der Waals surface area contributed by atoms with E-state index in [2.05, 4.69) is 213 Å². The molecular weight excluding hydrogens is 691 g/mol. The largest absolute Gasteiger partial charge is 0.455 e. The molecule has 1 heterocycles. The van der Waals surface area contributed by atoms with Gasteiger partial charge in [0, 0.05) is 38.7 Å². The van der Waals surface area contributed by atoms with E-state index in [1.54, 1.807) is 0 Å². The van der Waals surface area contributed by atoms with Crippen LogP contribution in [0.1, 0.15) is 25.0 Å². The molecule has 0 amide bonds. The first-order valence-corrected chi connectivity index (χ1v) is 19.8. The lowest BCUT2D eigenvalue weighted by molar-refractivity contribution is 0.662. The first kappa shape index (κ1) is 33.2. The minimum atomic E-state index is -0.104. The van der Waals surface area contributed by atoms with Gasteiger partial charge in [-0.2, -0.15) is 0 Å². The van der Waals surface area contributed by atoms with Crippen LogP contribution < -0.4 is 4.90 Å². The SMILES string of the molecule is CC1(C)c2ccccc2-c2cccc(-c3ccc(N(c4cccc(-c5ccc6ccccc6c5)c4)c4ccccc4-c4cccc5c4oc4ccccc45)cc3)c21. The summed E-state index contributed by atoms with van der Waals surface area (Å²) in [7, 11) is 0. The molecule has 11 rings (SSSR count). The fourth-order valence-electron chi connectivity index (χ4n) is 9.35. The molecule has 1 aromatic heterocycles. The van der Waals surface area contributed by atoms with Gasteiger partial charge >= 0.3 is 0 Å². The second kappa shape index (κ2) is 13.0. The van der Waals surface area contributed by atoms with Gasteiger partial charge in [0.15, 0.2) is 0 Å². The van der Waals surface area contributed by atoms with E-state index in [0.29, 0.717) is 0 Å². The molecule has 2 nitrogen and oxygen atoms in total. The molecular formula is C55H39NO. The molecule has 2 heteroatoms. The summed E-state index contributed by atoms with van der Waals surface area (Å²) in [5, 5.41) is 4.72. The van der Waals surface area contributed by atoms with Gasteiger partial charge < -0.3 is 9.32 Å². The van der Waals surface area contributed by atoms with Crippen molar-refractivity contribution in [3.05, 3.63) is 211 Å². The van der Waals surface area contributed by atoms with E-state index in [1.807, 2.05) is 6.07 Å². The normalized spacial score (nSPS) is 12.9. The van der Waals surface area contributed by atoms with Crippen LogP contribution >= 0.6 is 0 Å². The first-order chi connectivity index (χ1) is 28.0. The quantitative estimate of drug-likeness (QED) is 0.169. The molecule has 0 unspecified atom stereocenters. The summed E-state index contributed by atoms with van der Waals surface area (Å²) in [5.41, 5.74) is 17.4. The van der Waals surface area contributed by atoms with Crippen LogP contribution in [0.4, 0.5) is 17.1 Å². The molecule has 1 aliphatic rings. The Morgan fingerprint density at radius 1 is 0.404 bits per heavy atom. The van der Waals surface area contributed by atoms with Crippen LogP contribution in [-0.4, -0.2) is 0 Å². The van der Waals surface area contributed by atoms with Crippen LogP contribution in [0.2, 0.25) is 0 Å². The molecule has 0 fully saturated rings. The fraction of sp³-hybridized carbons (Fsp3) is 0.0545. The smallest absolute Gasteiger partial charge is 0.143 e. The Balaban J connectivity index is 1.08. The standard InChI is InChI=1S/C55H39NO/c1-55(2)50-25-8-5-18-44(50)47-22-12-21-43(53(47)55)37-30-32-41(33-31-37)56(42-17-11-16-39(35-42)40-29-28-36-14-3-4-15-38(36)34-40)51-26-9-6-19-45(51)48-23-13-24-49-46-20-7-10-27-52(46)57-54(48)49/h3-35H,1-2H3. The summed E-state index contributed by atoms with van der Waals surface area (Å²) < 4.78 is 6.62. The van der Waals surface area contributed by atoms with E-state index in [-0.39, 0.29) is 5.41 Å². The molecule has 10 aromatic rings. The van der Waals surface area contributed by atoms with Crippen molar-refractivity contribution in [1.29, 1.82) is 0 Å². The van der Waals surface area contributed by atoms with Crippen LogP contribution in [0.3, 0.4) is 0 Å². The Kier molecular flexibility index (Phi) is 7.55. The van der Waals surface area contributed by atoms with E-state index in [1.165, 1.54) is 55.3 Å². The summed E-state index contributed by atoms with van der Waals surface area (Å²) in [6.07, 6.45) is 0. The van der Waals surface area contributed by atoms with Crippen molar-refractivity contribution in [2.24, 2.45) is 0 Å². The number of benzene rings is 9. The molecule has 270 valence electrons. The highest BCUT2D eigenvalue weighted by Gasteiger charge is 2.37. The second-order valence-electron chi connectivity index (χ2n) is 15.7. The lowest BCUT2D eigenvalue weighted by atomic mass is 9.79. The number of para-hydroxylation sites is 3. The molecule has 0 spiro atoms. The third-order valence-corrected chi connectivity index (χ3v) is 12.0. The van der Waals surface area contributed by atoms with Crippen LogP contribution in [0, 0.1) is 0 Å². The van der Waals surface area contributed by atoms with Crippen LogP contribution in [0.5, 0.6) is 0 Å². The maximum Gasteiger partial charge on any atom is 0.143 e. The average molecular weight is 730 g/mol. The number of fused-ring (bicyclic) bond motifs is 7. The lowest BCUT2D eigenvalue weighted by Crippen LogP contribution is -2.16. The van der Waals surface area contributed by atoms with Gasteiger partial charge in [0.25, 0.3) is 0 Å². The Morgan fingerprint density at radius 3 is 1.93 bits per heavy atom. The summed E-state index contributed by atoms with van der Waals surface area (Å²) in [6, 6.07) is 72.6. The van der Waals surface area contributed by atoms with Gasteiger partial charge in [-0.3, -0.25) is 0 Å². The highest BCUT2D eigenvalue weighted by molar-refractivity contribution is 6.11. The monoisotopic (exact) mass is 729 g/mol. The Labute approximate surface area is 332 Å². The van der Waals surface area contributed by atoms with Gasteiger partial charge in [-0.1, -0.05) is 172 Å². The van der Waals surface area contributed by atoms with Crippen molar-refractivity contribution in [2.75, 3.05) is 4.90 Å². The summed E-state index contributed by atoms with van der Waals surface area (Å²) in [5.74, 6) is 0. The zero-order valence-electron chi connectivity index (χ0n) is 31.9. The molecule has 57 heavy (non-hydrogen) atoms. The van der Waals surface area contributed by atoms with Gasteiger partial charge in [-0.15, -0.1) is 0 Å². The van der Waals surface area contributed by atoms with Gasteiger partial charge in [0.1, 0.15) is 11.2 Å². The Bertz CT molecular complexity index is 3170. The van der Waals surface area contributed by atoms with E-state index in [4.69, 9.17) is 4.42 Å². The number of anilines is 3. The van der Waals surface area contributed by atoms with E-state index >= 15 is 0 Å². The Morgan fingerprint density at radius 2 is 1.04 bits per heavy atom. The topological polar surface area (TPSA) is 16.4 Å². The molecule has 0 aliphatic heterocycles. The van der Waals surface area contributed by atoms with Crippen LogP contribution in [0.15, 0.2) is 205 Å². The maximum atomic E-state index is 6.62. The predicted molar refractivity (Wildman–Crippen MR) is 240 cm³/mol. The Hall–Kier alpha value is -7.16. The molecule has 0 bridgehead atoms. The minimum Gasteiger partial charge on any atom is -0.455 e. The van der Waals surface area contributed by atoms with Crippen molar-refractivity contribution >= 4 is 49.8 Å². The van der Waals surface area contributed by atoms with Crippen molar-refractivity contribution in [1.82, 2.24) is 0 Å².